The number of ether oxygens (including phenoxy) is 1. The number of carbonyl (C=O) groups excluding carboxylic acids is 2. The normalized spacial score (nSPS) is 24.9. The highest BCUT2D eigenvalue weighted by Crippen LogP contribution is 2.26. The van der Waals surface area contributed by atoms with Crippen LogP contribution in [-0.2, 0) is 20.7 Å². The van der Waals surface area contributed by atoms with Gasteiger partial charge in [-0.15, -0.1) is 11.3 Å². The topological polar surface area (TPSA) is 49.9 Å². The van der Waals surface area contributed by atoms with E-state index < -0.39 is 0 Å². The number of amides is 2. The van der Waals surface area contributed by atoms with Crippen molar-refractivity contribution in [2.75, 3.05) is 19.7 Å². The molecule has 0 N–H and O–H groups in total. The molecule has 1 aromatic heterocycles. The second-order valence-corrected chi connectivity index (χ2v) is 7.88. The van der Waals surface area contributed by atoms with Crippen molar-refractivity contribution >= 4 is 23.2 Å². The van der Waals surface area contributed by atoms with Gasteiger partial charge in [0, 0.05) is 30.4 Å². The highest BCUT2D eigenvalue weighted by Gasteiger charge is 2.39. The smallest absolute Gasteiger partial charge is 0.249 e. The van der Waals surface area contributed by atoms with Gasteiger partial charge in [-0.25, -0.2) is 0 Å². The molecule has 3 heterocycles. The maximum absolute atomic E-state index is 12.5. The molecule has 0 unspecified atom stereocenters. The van der Waals surface area contributed by atoms with Crippen LogP contribution in [0.2, 0.25) is 0 Å². The van der Waals surface area contributed by atoms with Gasteiger partial charge in [0.05, 0.1) is 12.1 Å². The number of morpholine rings is 1. The first-order chi connectivity index (χ1) is 11.6. The first-order valence-corrected chi connectivity index (χ1v) is 9.67. The molecule has 24 heavy (non-hydrogen) atoms. The Balaban J connectivity index is 1.59. The summed E-state index contributed by atoms with van der Waals surface area (Å²) >= 11 is 1.70. The van der Waals surface area contributed by atoms with Gasteiger partial charge in [-0.3, -0.25) is 9.59 Å². The average Bonchev–Trinajstić information content (AvgIpc) is 2.98. The number of likely N-dealkylation sites (tertiary alicyclic amines) is 1. The first-order valence-electron chi connectivity index (χ1n) is 8.79. The highest BCUT2D eigenvalue weighted by molar-refractivity contribution is 7.09. The summed E-state index contributed by atoms with van der Waals surface area (Å²) < 4.78 is 5.77. The Morgan fingerprint density at radius 1 is 1.38 bits per heavy atom. The Labute approximate surface area is 147 Å². The first kappa shape index (κ1) is 17.4. The van der Waals surface area contributed by atoms with E-state index in [1.54, 1.807) is 11.3 Å². The summed E-state index contributed by atoms with van der Waals surface area (Å²) in [6.45, 7) is 5.71. The van der Waals surface area contributed by atoms with Gasteiger partial charge in [0.25, 0.3) is 0 Å². The number of thiophene rings is 1. The molecule has 132 valence electrons. The van der Waals surface area contributed by atoms with Crippen LogP contribution >= 0.6 is 11.3 Å². The van der Waals surface area contributed by atoms with Crippen LogP contribution in [-0.4, -0.2) is 59.5 Å². The lowest BCUT2D eigenvalue weighted by molar-refractivity contribution is -0.160. The van der Waals surface area contributed by atoms with Gasteiger partial charge in [0.2, 0.25) is 11.8 Å². The van der Waals surface area contributed by atoms with Gasteiger partial charge in [0.1, 0.15) is 6.61 Å². The van der Waals surface area contributed by atoms with Crippen LogP contribution in [0, 0.1) is 0 Å². The third-order valence-corrected chi connectivity index (χ3v) is 5.88. The summed E-state index contributed by atoms with van der Waals surface area (Å²) in [5, 5.41) is 2.05. The maximum Gasteiger partial charge on any atom is 0.249 e. The zero-order valence-electron chi connectivity index (χ0n) is 14.4. The summed E-state index contributed by atoms with van der Waals surface area (Å²) in [5.41, 5.74) is 0. The molecule has 1 aromatic rings. The minimum Gasteiger partial charge on any atom is -0.366 e. The van der Waals surface area contributed by atoms with E-state index in [0.29, 0.717) is 13.0 Å². The van der Waals surface area contributed by atoms with Crippen molar-refractivity contribution in [3.8, 4) is 0 Å². The molecular weight excluding hydrogens is 324 g/mol. The van der Waals surface area contributed by atoms with E-state index in [1.165, 1.54) is 4.88 Å². The van der Waals surface area contributed by atoms with Crippen molar-refractivity contribution in [3.63, 3.8) is 0 Å². The molecule has 0 aliphatic carbocycles. The lowest BCUT2D eigenvalue weighted by atomic mass is 10.0. The number of hydrogen-bond acceptors (Lipinski definition) is 4. The van der Waals surface area contributed by atoms with Crippen molar-refractivity contribution in [3.05, 3.63) is 22.4 Å². The third kappa shape index (κ3) is 3.81. The SMILES string of the molecule is CC(C)N1C(=O)CO[C@H]2CCN(C(=O)CCc3cccs3)CC[C@@H]21. The highest BCUT2D eigenvalue weighted by atomic mass is 32.1. The van der Waals surface area contributed by atoms with Crippen LogP contribution in [0.15, 0.2) is 17.5 Å². The van der Waals surface area contributed by atoms with E-state index in [9.17, 15) is 9.59 Å². The van der Waals surface area contributed by atoms with E-state index in [1.807, 2.05) is 21.2 Å². The summed E-state index contributed by atoms with van der Waals surface area (Å²) in [5.74, 6) is 0.285. The van der Waals surface area contributed by atoms with Gasteiger partial charge in [-0.1, -0.05) is 6.07 Å². The van der Waals surface area contributed by atoms with Crippen LogP contribution < -0.4 is 0 Å². The van der Waals surface area contributed by atoms with Crippen molar-refractivity contribution in [2.45, 2.75) is 57.7 Å². The molecule has 0 aromatic carbocycles. The molecule has 2 aliphatic heterocycles. The quantitative estimate of drug-likeness (QED) is 0.837. The molecule has 2 fully saturated rings. The molecule has 5 nitrogen and oxygen atoms in total. The molecule has 0 saturated carbocycles. The monoisotopic (exact) mass is 350 g/mol. The third-order valence-electron chi connectivity index (χ3n) is 4.95. The number of carbonyl (C=O) groups is 2. The second kappa shape index (κ2) is 7.66. The van der Waals surface area contributed by atoms with E-state index in [2.05, 4.69) is 19.9 Å². The summed E-state index contributed by atoms with van der Waals surface area (Å²) in [7, 11) is 0. The fraction of sp³-hybridized carbons (Fsp3) is 0.667. The molecule has 2 aliphatic rings. The molecule has 6 heteroatoms. The lowest BCUT2D eigenvalue weighted by Crippen LogP contribution is -2.56. The van der Waals surface area contributed by atoms with Gasteiger partial charge in [0.15, 0.2) is 0 Å². The van der Waals surface area contributed by atoms with E-state index >= 15 is 0 Å². The number of rotatable bonds is 4. The van der Waals surface area contributed by atoms with Crippen LogP contribution in [0.25, 0.3) is 0 Å². The molecule has 2 atom stereocenters. The Morgan fingerprint density at radius 2 is 2.17 bits per heavy atom. The standard InChI is InChI=1S/C18H26N2O3S/c1-13(2)20-15-7-9-19(10-8-16(15)23-12-18(20)22)17(21)6-5-14-4-3-11-24-14/h3-4,11,13,15-16H,5-10,12H2,1-2H3/t15-,16-/m0/s1. The molecule has 3 rings (SSSR count). The van der Waals surface area contributed by atoms with Crippen LogP contribution in [0.3, 0.4) is 0 Å². The minimum atomic E-state index is 0.0557. The lowest BCUT2D eigenvalue weighted by Gasteiger charge is -2.42. The van der Waals surface area contributed by atoms with Crippen molar-refractivity contribution in [2.24, 2.45) is 0 Å². The molecule has 0 bridgehead atoms. The van der Waals surface area contributed by atoms with Crippen molar-refractivity contribution in [1.82, 2.24) is 9.80 Å². The fourth-order valence-electron chi connectivity index (χ4n) is 3.78. The van der Waals surface area contributed by atoms with Gasteiger partial charge < -0.3 is 14.5 Å². The predicted octanol–water partition coefficient (Wildman–Crippen LogP) is 2.31. The van der Waals surface area contributed by atoms with Gasteiger partial charge in [-0.05, 0) is 44.6 Å². The Kier molecular flexibility index (Phi) is 5.56. The number of nitrogens with zero attached hydrogens (tertiary/aromatic N) is 2. The molecule has 2 amide bonds. The second-order valence-electron chi connectivity index (χ2n) is 6.85. The van der Waals surface area contributed by atoms with Crippen LogP contribution in [0.5, 0.6) is 0 Å². The minimum absolute atomic E-state index is 0.0557. The number of hydrogen-bond donors (Lipinski definition) is 0. The number of aryl methyl sites for hydroxylation is 1. The summed E-state index contributed by atoms with van der Waals surface area (Å²) in [6.07, 6.45) is 3.04. The molecular formula is C18H26N2O3S. The van der Waals surface area contributed by atoms with E-state index in [4.69, 9.17) is 4.74 Å². The van der Waals surface area contributed by atoms with Crippen molar-refractivity contribution < 1.29 is 14.3 Å². The average molecular weight is 350 g/mol. The predicted molar refractivity (Wildman–Crippen MR) is 94.0 cm³/mol. The Morgan fingerprint density at radius 3 is 2.88 bits per heavy atom. The summed E-state index contributed by atoms with van der Waals surface area (Å²) in [6, 6.07) is 4.38. The molecule has 0 spiro atoms. The fourth-order valence-corrected chi connectivity index (χ4v) is 4.48. The van der Waals surface area contributed by atoms with E-state index in [-0.39, 0.29) is 36.6 Å². The van der Waals surface area contributed by atoms with Crippen LogP contribution in [0.4, 0.5) is 0 Å². The molecule has 0 radical (unpaired) electrons. The number of fused-ring (bicyclic) bond motifs is 1. The molecule has 2 saturated heterocycles. The van der Waals surface area contributed by atoms with Gasteiger partial charge >= 0.3 is 0 Å². The van der Waals surface area contributed by atoms with E-state index in [0.717, 1.165) is 25.8 Å². The van der Waals surface area contributed by atoms with Gasteiger partial charge in [-0.2, -0.15) is 0 Å². The zero-order valence-corrected chi connectivity index (χ0v) is 15.3. The van der Waals surface area contributed by atoms with Crippen molar-refractivity contribution in [1.29, 1.82) is 0 Å². The van der Waals surface area contributed by atoms with Crippen LogP contribution in [0.1, 0.15) is 38.0 Å². The zero-order chi connectivity index (χ0) is 17.1. The Bertz CT molecular complexity index is 573. The maximum atomic E-state index is 12.5. The Hall–Kier alpha value is -1.40. The summed E-state index contributed by atoms with van der Waals surface area (Å²) in [4.78, 5) is 29.9. The largest absolute Gasteiger partial charge is 0.366 e.